The Hall–Kier alpha value is -2.00. The number of benzene rings is 1. The molecule has 1 saturated heterocycles. The SMILES string of the molecule is CC(=O)N[C@@H]1[C@H](OCc2ccccc2)O[C@H](CO)[C@H](O)[C@@H]1OC(C)=O. The van der Waals surface area contributed by atoms with E-state index in [2.05, 4.69) is 5.32 Å². The van der Waals surface area contributed by atoms with Gasteiger partial charge in [-0.25, -0.2) is 0 Å². The van der Waals surface area contributed by atoms with E-state index in [1.165, 1.54) is 13.8 Å². The molecule has 2 rings (SSSR count). The van der Waals surface area contributed by atoms with Crippen LogP contribution in [0, 0.1) is 0 Å². The molecule has 1 aromatic carbocycles. The number of carbonyl (C=O) groups excluding carboxylic acids is 2. The van der Waals surface area contributed by atoms with Gasteiger partial charge >= 0.3 is 5.97 Å². The number of esters is 1. The van der Waals surface area contributed by atoms with Crippen LogP contribution in [0.15, 0.2) is 30.3 Å². The van der Waals surface area contributed by atoms with Gasteiger partial charge in [-0.3, -0.25) is 9.59 Å². The van der Waals surface area contributed by atoms with Gasteiger partial charge in [-0.1, -0.05) is 30.3 Å². The first-order valence-electron chi connectivity index (χ1n) is 7.96. The van der Waals surface area contributed by atoms with E-state index in [1.54, 1.807) is 0 Å². The molecule has 0 spiro atoms. The van der Waals surface area contributed by atoms with Crippen LogP contribution in [0.4, 0.5) is 0 Å². The van der Waals surface area contributed by atoms with Gasteiger partial charge in [0.25, 0.3) is 0 Å². The number of nitrogens with one attached hydrogen (secondary N) is 1. The van der Waals surface area contributed by atoms with E-state index in [0.29, 0.717) is 0 Å². The summed E-state index contributed by atoms with van der Waals surface area (Å²) in [6.45, 7) is 2.18. The summed E-state index contributed by atoms with van der Waals surface area (Å²) in [6, 6.07) is 8.38. The maximum atomic E-state index is 11.5. The highest BCUT2D eigenvalue weighted by Gasteiger charge is 2.48. The van der Waals surface area contributed by atoms with Gasteiger partial charge in [0, 0.05) is 13.8 Å². The molecule has 0 unspecified atom stereocenters. The van der Waals surface area contributed by atoms with Crippen molar-refractivity contribution in [3.8, 4) is 0 Å². The fourth-order valence-electron chi connectivity index (χ4n) is 2.68. The van der Waals surface area contributed by atoms with Crippen LogP contribution in [0.3, 0.4) is 0 Å². The van der Waals surface area contributed by atoms with Gasteiger partial charge in [0.2, 0.25) is 5.91 Å². The minimum absolute atomic E-state index is 0.183. The second-order valence-electron chi connectivity index (χ2n) is 5.81. The van der Waals surface area contributed by atoms with Crippen LogP contribution in [0.2, 0.25) is 0 Å². The zero-order valence-electron chi connectivity index (χ0n) is 14.1. The van der Waals surface area contributed by atoms with Gasteiger partial charge in [-0.2, -0.15) is 0 Å². The molecule has 1 aromatic rings. The van der Waals surface area contributed by atoms with Crippen molar-refractivity contribution in [2.45, 2.75) is 51.1 Å². The second-order valence-corrected chi connectivity index (χ2v) is 5.81. The quantitative estimate of drug-likeness (QED) is 0.603. The summed E-state index contributed by atoms with van der Waals surface area (Å²) in [7, 11) is 0. The minimum atomic E-state index is -1.30. The molecule has 0 aliphatic carbocycles. The van der Waals surface area contributed by atoms with E-state index in [1.807, 2.05) is 30.3 Å². The molecule has 8 nitrogen and oxygen atoms in total. The summed E-state index contributed by atoms with van der Waals surface area (Å²) in [5, 5.41) is 22.3. The maximum absolute atomic E-state index is 11.5. The molecule has 0 bridgehead atoms. The standard InChI is InChI=1S/C17H23NO7/c1-10(20)18-14-16(24-11(2)21)15(22)13(8-19)25-17(14)23-9-12-6-4-3-5-7-12/h3-7,13-17,19,22H,8-9H2,1-2H3,(H,18,20)/t13-,14+,15+,16-,17-/m1/s1. The van der Waals surface area contributed by atoms with Crippen molar-refractivity contribution >= 4 is 11.9 Å². The average molecular weight is 353 g/mol. The number of hydrogen-bond donors (Lipinski definition) is 3. The molecule has 1 amide bonds. The molecule has 1 aliphatic rings. The lowest BCUT2D eigenvalue weighted by Crippen LogP contribution is -2.65. The van der Waals surface area contributed by atoms with Crippen LogP contribution in [0.25, 0.3) is 0 Å². The highest BCUT2D eigenvalue weighted by molar-refractivity contribution is 5.73. The molecule has 8 heteroatoms. The Morgan fingerprint density at radius 2 is 1.92 bits per heavy atom. The lowest BCUT2D eigenvalue weighted by Gasteiger charge is -2.43. The molecule has 138 valence electrons. The molecule has 25 heavy (non-hydrogen) atoms. The number of ether oxygens (including phenoxy) is 3. The predicted molar refractivity (Wildman–Crippen MR) is 86.1 cm³/mol. The van der Waals surface area contributed by atoms with Crippen LogP contribution in [0.5, 0.6) is 0 Å². The molecule has 1 fully saturated rings. The lowest BCUT2D eigenvalue weighted by molar-refractivity contribution is -0.276. The minimum Gasteiger partial charge on any atom is -0.457 e. The van der Waals surface area contributed by atoms with Crippen molar-refractivity contribution in [2.24, 2.45) is 0 Å². The molecular weight excluding hydrogens is 330 g/mol. The average Bonchev–Trinajstić information content (AvgIpc) is 2.57. The van der Waals surface area contributed by atoms with Gasteiger partial charge in [-0.15, -0.1) is 0 Å². The van der Waals surface area contributed by atoms with E-state index in [0.717, 1.165) is 5.56 Å². The van der Waals surface area contributed by atoms with Gasteiger partial charge in [-0.05, 0) is 5.56 Å². The zero-order valence-corrected chi connectivity index (χ0v) is 14.1. The monoisotopic (exact) mass is 353 g/mol. The molecule has 0 aromatic heterocycles. The number of aliphatic hydroxyl groups is 2. The first-order chi connectivity index (χ1) is 11.9. The summed E-state index contributed by atoms with van der Waals surface area (Å²) < 4.78 is 16.4. The van der Waals surface area contributed by atoms with Crippen molar-refractivity contribution in [1.82, 2.24) is 5.32 Å². The molecule has 1 heterocycles. The Kier molecular flexibility index (Phi) is 6.89. The van der Waals surface area contributed by atoms with Crippen molar-refractivity contribution in [3.05, 3.63) is 35.9 Å². The number of hydrogen-bond acceptors (Lipinski definition) is 7. The number of rotatable bonds is 6. The van der Waals surface area contributed by atoms with Crippen LogP contribution in [-0.4, -0.2) is 59.3 Å². The first-order valence-corrected chi connectivity index (χ1v) is 7.96. The van der Waals surface area contributed by atoms with Gasteiger partial charge in [0.15, 0.2) is 12.4 Å². The Morgan fingerprint density at radius 1 is 1.24 bits per heavy atom. The number of carbonyl (C=O) groups is 2. The largest absolute Gasteiger partial charge is 0.457 e. The van der Waals surface area contributed by atoms with E-state index in [4.69, 9.17) is 14.2 Å². The van der Waals surface area contributed by atoms with Crippen LogP contribution < -0.4 is 5.32 Å². The Bertz CT molecular complexity index is 580. The summed E-state index contributed by atoms with van der Waals surface area (Å²) in [5.74, 6) is -1.02. The van der Waals surface area contributed by atoms with Gasteiger partial charge in [0.05, 0.1) is 13.2 Å². The molecule has 0 saturated carbocycles. The predicted octanol–water partition coefficient (Wildman–Crippen LogP) is -0.282. The molecule has 5 atom stereocenters. The maximum Gasteiger partial charge on any atom is 0.303 e. The molecular formula is C17H23NO7. The van der Waals surface area contributed by atoms with Crippen LogP contribution in [0.1, 0.15) is 19.4 Å². The van der Waals surface area contributed by atoms with Crippen LogP contribution >= 0.6 is 0 Å². The third-order valence-corrected chi connectivity index (χ3v) is 3.78. The highest BCUT2D eigenvalue weighted by Crippen LogP contribution is 2.25. The molecule has 3 N–H and O–H groups in total. The van der Waals surface area contributed by atoms with Crippen LogP contribution in [-0.2, 0) is 30.4 Å². The Morgan fingerprint density at radius 3 is 2.48 bits per heavy atom. The Balaban J connectivity index is 2.19. The van der Waals surface area contributed by atoms with E-state index in [-0.39, 0.29) is 6.61 Å². The van der Waals surface area contributed by atoms with Crippen molar-refractivity contribution in [3.63, 3.8) is 0 Å². The van der Waals surface area contributed by atoms with E-state index < -0.39 is 49.1 Å². The lowest BCUT2D eigenvalue weighted by atomic mass is 9.96. The summed E-state index contributed by atoms with van der Waals surface area (Å²) in [6.07, 6.45) is -4.42. The smallest absolute Gasteiger partial charge is 0.303 e. The Labute approximate surface area is 145 Å². The van der Waals surface area contributed by atoms with Gasteiger partial charge < -0.3 is 29.7 Å². The van der Waals surface area contributed by atoms with E-state index >= 15 is 0 Å². The van der Waals surface area contributed by atoms with Crippen molar-refractivity contribution in [1.29, 1.82) is 0 Å². The normalized spacial score (nSPS) is 29.0. The van der Waals surface area contributed by atoms with E-state index in [9.17, 15) is 19.8 Å². The second kappa shape index (κ2) is 8.91. The summed E-state index contributed by atoms with van der Waals surface area (Å²) in [4.78, 5) is 22.9. The third kappa shape index (κ3) is 5.23. The van der Waals surface area contributed by atoms with Gasteiger partial charge in [0.1, 0.15) is 18.2 Å². The van der Waals surface area contributed by atoms with Crippen molar-refractivity contribution in [2.75, 3.05) is 6.61 Å². The highest BCUT2D eigenvalue weighted by atomic mass is 16.7. The number of amides is 1. The molecule has 1 aliphatic heterocycles. The van der Waals surface area contributed by atoms with Crippen molar-refractivity contribution < 1.29 is 34.0 Å². The first kappa shape index (κ1) is 19.3. The fraction of sp³-hybridized carbons (Fsp3) is 0.529. The molecule has 0 radical (unpaired) electrons. The third-order valence-electron chi connectivity index (χ3n) is 3.78. The topological polar surface area (TPSA) is 114 Å². The fourth-order valence-corrected chi connectivity index (χ4v) is 2.68. The number of aliphatic hydroxyl groups excluding tert-OH is 2. The summed E-state index contributed by atoms with van der Waals surface area (Å²) >= 11 is 0. The summed E-state index contributed by atoms with van der Waals surface area (Å²) in [5.41, 5.74) is 0.878. The zero-order chi connectivity index (χ0) is 18.4.